The summed E-state index contributed by atoms with van der Waals surface area (Å²) in [5.41, 5.74) is 1.28. The minimum Gasteiger partial charge on any atom is -0.314 e. The van der Waals surface area contributed by atoms with Gasteiger partial charge in [0.15, 0.2) is 0 Å². The van der Waals surface area contributed by atoms with Crippen molar-refractivity contribution in [3.8, 4) is 6.07 Å². The van der Waals surface area contributed by atoms with E-state index in [-0.39, 0.29) is 18.9 Å². The molecule has 1 unspecified atom stereocenters. The minimum absolute atomic E-state index is 0.0815. The summed E-state index contributed by atoms with van der Waals surface area (Å²) in [7, 11) is -3.69. The Morgan fingerprint density at radius 2 is 2.12 bits per heavy atom. The summed E-state index contributed by atoms with van der Waals surface area (Å²) in [6.45, 7) is 0.0815. The van der Waals surface area contributed by atoms with E-state index >= 15 is 0 Å². The number of nitriles is 1. The molecule has 6 nitrogen and oxygen atoms in total. The van der Waals surface area contributed by atoms with E-state index in [0.717, 1.165) is 6.42 Å². The number of primary sulfonamides is 1. The molecule has 0 bridgehead atoms. The lowest BCUT2D eigenvalue weighted by atomic mass is 10.2. The monoisotopic (exact) mass is 255 g/mol. The number of nitrogens with two attached hydrogens (primary N) is 1. The number of amides is 1. The molecule has 1 saturated heterocycles. The van der Waals surface area contributed by atoms with Crippen LogP contribution in [-0.4, -0.2) is 31.0 Å². The number of rotatable bonds is 2. The first-order chi connectivity index (χ1) is 7.93. The van der Waals surface area contributed by atoms with Crippen LogP contribution in [-0.2, 0) is 14.8 Å². The van der Waals surface area contributed by atoms with E-state index in [4.69, 9.17) is 10.4 Å². The number of carbonyl (C=O) groups excluding carboxylic acids is 1. The smallest absolute Gasteiger partial charge is 0.228 e. The molecule has 1 amide bonds. The van der Waals surface area contributed by atoms with Crippen molar-refractivity contribution in [1.29, 1.82) is 5.26 Å². The molecule has 92 valence electrons. The van der Waals surface area contributed by atoms with Crippen LogP contribution in [0.5, 0.6) is 0 Å². The molecule has 0 spiro atoms. The minimum atomic E-state index is -3.69. The van der Waals surface area contributed by atoms with Gasteiger partial charge >= 0.3 is 0 Å². The lowest BCUT2D eigenvalue weighted by Crippen LogP contribution is -2.31. The van der Waals surface area contributed by atoms with E-state index in [1.807, 2.05) is 0 Å². The second-order valence-corrected chi connectivity index (χ2v) is 6.15. The summed E-state index contributed by atoms with van der Waals surface area (Å²) >= 11 is 0. The molecular weight excluding hydrogens is 242 g/mol. The van der Waals surface area contributed by atoms with E-state index in [0.29, 0.717) is 24.1 Å². The zero-order valence-electron chi connectivity index (χ0n) is 9.22. The third-order valence-electron chi connectivity index (χ3n) is 3.20. The fraction of sp³-hybridized carbons (Fsp3) is 0.600. The maximum Gasteiger partial charge on any atom is 0.228 e. The van der Waals surface area contributed by atoms with Gasteiger partial charge in [-0.25, -0.2) is 13.6 Å². The van der Waals surface area contributed by atoms with Gasteiger partial charge in [-0.05, 0) is 19.3 Å². The van der Waals surface area contributed by atoms with Crippen LogP contribution in [0.1, 0.15) is 25.7 Å². The van der Waals surface area contributed by atoms with Crippen molar-refractivity contribution in [1.82, 2.24) is 4.90 Å². The largest absolute Gasteiger partial charge is 0.314 e. The molecule has 0 aromatic carbocycles. The third kappa shape index (κ3) is 2.18. The van der Waals surface area contributed by atoms with Gasteiger partial charge in [0, 0.05) is 24.2 Å². The molecule has 1 aliphatic carbocycles. The average Bonchev–Trinajstić information content (AvgIpc) is 2.81. The van der Waals surface area contributed by atoms with Crippen LogP contribution in [0, 0.1) is 11.3 Å². The Labute approximate surface area is 99.7 Å². The predicted octanol–water partition coefficient (Wildman–Crippen LogP) is -0.163. The highest BCUT2D eigenvalue weighted by molar-refractivity contribution is 7.89. The highest BCUT2D eigenvalue weighted by Gasteiger charge is 2.39. The lowest BCUT2D eigenvalue weighted by molar-refractivity contribution is -0.126. The number of carbonyl (C=O) groups is 1. The van der Waals surface area contributed by atoms with Gasteiger partial charge in [0.1, 0.15) is 5.25 Å². The maximum absolute atomic E-state index is 11.7. The topological polar surface area (TPSA) is 104 Å². The number of nitrogens with zero attached hydrogens (tertiary/aromatic N) is 2. The van der Waals surface area contributed by atoms with Crippen molar-refractivity contribution in [2.24, 2.45) is 5.14 Å². The number of likely N-dealkylation sites (tertiary alicyclic amines) is 1. The van der Waals surface area contributed by atoms with Gasteiger partial charge in [-0.2, -0.15) is 5.26 Å². The van der Waals surface area contributed by atoms with Crippen LogP contribution < -0.4 is 5.14 Å². The van der Waals surface area contributed by atoms with Crippen LogP contribution in [0.15, 0.2) is 11.3 Å². The molecule has 2 aliphatic rings. The Morgan fingerprint density at radius 3 is 2.65 bits per heavy atom. The lowest BCUT2D eigenvalue weighted by Gasteiger charge is -2.18. The Hall–Kier alpha value is -1.39. The van der Waals surface area contributed by atoms with Gasteiger partial charge in [0.25, 0.3) is 0 Å². The van der Waals surface area contributed by atoms with Crippen LogP contribution in [0.25, 0.3) is 0 Å². The van der Waals surface area contributed by atoms with Crippen molar-refractivity contribution >= 4 is 15.9 Å². The van der Waals surface area contributed by atoms with Crippen molar-refractivity contribution in [2.75, 3.05) is 6.54 Å². The van der Waals surface area contributed by atoms with Crippen molar-refractivity contribution in [3.63, 3.8) is 0 Å². The zero-order chi connectivity index (χ0) is 12.6. The maximum atomic E-state index is 11.7. The molecule has 1 aliphatic heterocycles. The van der Waals surface area contributed by atoms with E-state index in [1.54, 1.807) is 0 Å². The molecule has 0 radical (unpaired) electrons. The Bertz CT molecular complexity index is 529. The molecule has 0 aromatic heterocycles. The molecule has 2 rings (SSSR count). The molecule has 1 heterocycles. The van der Waals surface area contributed by atoms with Crippen molar-refractivity contribution < 1.29 is 13.2 Å². The van der Waals surface area contributed by atoms with E-state index in [2.05, 4.69) is 6.07 Å². The fourth-order valence-corrected chi connectivity index (χ4v) is 3.03. The third-order valence-corrected chi connectivity index (χ3v) is 4.45. The SMILES string of the molecule is N#CC1=C(N2CC(S(N)(=O)=O)CC2=O)CCC1. The second-order valence-electron chi connectivity index (χ2n) is 4.31. The van der Waals surface area contributed by atoms with Crippen molar-refractivity contribution in [2.45, 2.75) is 30.9 Å². The molecule has 2 N–H and O–H groups in total. The Morgan fingerprint density at radius 1 is 1.41 bits per heavy atom. The average molecular weight is 255 g/mol. The molecular formula is C10H13N3O3S. The highest BCUT2D eigenvalue weighted by atomic mass is 32.2. The van der Waals surface area contributed by atoms with Gasteiger partial charge < -0.3 is 4.90 Å². The molecule has 7 heteroatoms. The van der Waals surface area contributed by atoms with E-state index < -0.39 is 15.3 Å². The first-order valence-electron chi connectivity index (χ1n) is 5.37. The van der Waals surface area contributed by atoms with Crippen LogP contribution in [0.4, 0.5) is 0 Å². The zero-order valence-corrected chi connectivity index (χ0v) is 10.0. The van der Waals surface area contributed by atoms with Gasteiger partial charge in [-0.3, -0.25) is 4.79 Å². The van der Waals surface area contributed by atoms with Crippen LogP contribution >= 0.6 is 0 Å². The molecule has 1 atom stereocenters. The summed E-state index contributed by atoms with van der Waals surface area (Å²) in [6.07, 6.45) is 2.07. The summed E-state index contributed by atoms with van der Waals surface area (Å²) in [4.78, 5) is 13.2. The van der Waals surface area contributed by atoms with Gasteiger partial charge in [-0.1, -0.05) is 0 Å². The Balaban J connectivity index is 2.26. The van der Waals surface area contributed by atoms with Crippen LogP contribution in [0.2, 0.25) is 0 Å². The summed E-state index contributed by atoms with van der Waals surface area (Å²) in [6, 6.07) is 2.07. The van der Waals surface area contributed by atoms with Gasteiger partial charge in [0.2, 0.25) is 15.9 Å². The van der Waals surface area contributed by atoms with Gasteiger partial charge in [-0.15, -0.1) is 0 Å². The number of sulfonamides is 1. The second kappa shape index (κ2) is 4.13. The fourth-order valence-electron chi connectivity index (χ4n) is 2.30. The normalized spacial score (nSPS) is 25.5. The summed E-state index contributed by atoms with van der Waals surface area (Å²) < 4.78 is 22.4. The van der Waals surface area contributed by atoms with Gasteiger partial charge in [0.05, 0.1) is 6.07 Å². The van der Waals surface area contributed by atoms with E-state index in [9.17, 15) is 13.2 Å². The van der Waals surface area contributed by atoms with E-state index in [1.165, 1.54) is 4.90 Å². The van der Waals surface area contributed by atoms with Crippen LogP contribution in [0.3, 0.4) is 0 Å². The van der Waals surface area contributed by atoms with Crippen molar-refractivity contribution in [3.05, 3.63) is 11.3 Å². The highest BCUT2D eigenvalue weighted by Crippen LogP contribution is 2.32. The Kier molecular flexibility index (Phi) is 2.93. The first kappa shape index (κ1) is 12.1. The molecule has 1 fully saturated rings. The summed E-state index contributed by atoms with van der Waals surface area (Å²) in [5.74, 6) is -0.256. The standard InChI is InChI=1S/C10H13N3O3S/c11-5-7-2-1-3-9(7)13-6-8(4-10(13)14)17(12,15)16/h8H,1-4,6H2,(H2,12,15,16). The number of allylic oxidation sites excluding steroid dienone is 2. The molecule has 0 saturated carbocycles. The number of hydrogen-bond acceptors (Lipinski definition) is 4. The first-order valence-corrected chi connectivity index (χ1v) is 6.98. The molecule has 0 aromatic rings. The molecule has 17 heavy (non-hydrogen) atoms. The predicted molar refractivity (Wildman–Crippen MR) is 59.7 cm³/mol. The summed E-state index contributed by atoms with van der Waals surface area (Å²) in [5, 5.41) is 13.1. The quantitative estimate of drug-likeness (QED) is 0.740. The number of hydrogen-bond donors (Lipinski definition) is 1.